The first-order valence-electron chi connectivity index (χ1n) is 11.3. The molecular weight excluding hydrogens is 599 g/mol. The zero-order valence-electron chi connectivity index (χ0n) is 20.1. The fourth-order valence-electron chi connectivity index (χ4n) is 4.07. The average Bonchev–Trinajstić information content (AvgIpc) is 3.12. The maximum atomic E-state index is 13.3. The van der Waals surface area contributed by atoms with Crippen LogP contribution in [0.15, 0.2) is 45.2 Å². The number of benzene rings is 1. The first-order chi connectivity index (χ1) is 19.0. The lowest BCUT2D eigenvalue weighted by atomic mass is 9.99. The number of nitrogens with zero attached hydrogens (tertiary/aromatic N) is 4. The molecule has 1 aromatic heterocycles. The largest absolute Gasteiger partial charge is 0.475 e. The van der Waals surface area contributed by atoms with Crippen molar-refractivity contribution in [3.63, 3.8) is 0 Å². The fourth-order valence-corrected chi connectivity index (χ4v) is 5.48. The molecule has 1 aromatic carbocycles. The molecule has 0 saturated carbocycles. The van der Waals surface area contributed by atoms with Crippen LogP contribution in [0, 0.1) is 0 Å². The van der Waals surface area contributed by atoms with E-state index in [9.17, 15) is 50.7 Å². The summed E-state index contributed by atoms with van der Waals surface area (Å²) in [5, 5.41) is 24.3. The molecule has 6 atom stereocenters. The summed E-state index contributed by atoms with van der Waals surface area (Å²) in [6, 6.07) is 1.53. The molecule has 4 rings (SSSR count). The summed E-state index contributed by atoms with van der Waals surface area (Å²) in [7, 11) is -4.85. The highest BCUT2D eigenvalue weighted by Crippen LogP contribution is 2.58. The van der Waals surface area contributed by atoms with Gasteiger partial charge < -0.3 is 14.9 Å². The Kier molecular flexibility index (Phi) is 8.16. The minimum atomic E-state index is -5.16. The number of ether oxygens (including phenoxy) is 1. The molecule has 21 heteroatoms. The van der Waals surface area contributed by atoms with E-state index in [1.165, 1.54) is 0 Å². The Labute approximate surface area is 223 Å². The molecule has 0 aliphatic carbocycles. The van der Waals surface area contributed by atoms with Crippen LogP contribution in [0.5, 0.6) is 0 Å². The number of alkyl halides is 6. The molecule has 0 spiro atoms. The van der Waals surface area contributed by atoms with Crippen LogP contribution in [0.4, 0.5) is 26.3 Å². The number of phosphoric ester groups is 1. The van der Waals surface area contributed by atoms with E-state index in [4.69, 9.17) is 23.8 Å². The highest BCUT2D eigenvalue weighted by Gasteiger charge is 2.56. The number of aliphatic hydroxyl groups excluding tert-OH is 2. The Morgan fingerprint density at radius 2 is 1.80 bits per heavy atom. The quantitative estimate of drug-likeness (QED) is 0.143. The van der Waals surface area contributed by atoms with E-state index in [-0.39, 0.29) is 12.5 Å². The number of rotatable bonds is 6. The third kappa shape index (κ3) is 6.34. The summed E-state index contributed by atoms with van der Waals surface area (Å²) in [6.07, 6.45) is -17.4. The Hall–Kier alpha value is -3.22. The van der Waals surface area contributed by atoms with Crippen molar-refractivity contribution in [1.82, 2.24) is 9.55 Å². The van der Waals surface area contributed by atoms with E-state index in [0.717, 1.165) is 12.3 Å². The number of nitrogens with one attached hydrogen (secondary N) is 1. The molecule has 0 amide bonds. The Morgan fingerprint density at radius 3 is 2.37 bits per heavy atom. The molecule has 2 fully saturated rings. The number of aromatic amines is 1. The van der Waals surface area contributed by atoms with Gasteiger partial charge in [0.2, 0.25) is 5.72 Å². The van der Waals surface area contributed by atoms with Crippen molar-refractivity contribution in [1.29, 1.82) is 0 Å². The number of aliphatic hydroxyl groups is 2. The van der Waals surface area contributed by atoms with Gasteiger partial charge in [-0.05, 0) is 29.3 Å². The SMILES string of the molecule is [N-]=[N+]=N[C@]1(CO[P@]2(=O)OCC[C@H](c3cc(C(F)(F)F)cc(C(F)(F)F)c3)O2)O[C@@H](n2ccc(=O)[nH]c2=O)[C@H](O)[C@@H]1O. The summed E-state index contributed by atoms with van der Waals surface area (Å²) in [5.41, 5.74) is 0.571. The first kappa shape index (κ1) is 30.7. The van der Waals surface area contributed by atoms with Gasteiger partial charge in [0.1, 0.15) is 12.2 Å². The molecule has 14 nitrogen and oxygen atoms in total. The van der Waals surface area contributed by atoms with Crippen LogP contribution >= 0.6 is 7.82 Å². The maximum absolute atomic E-state index is 13.3. The zero-order chi connectivity index (χ0) is 30.4. The molecule has 3 N–H and O–H groups in total. The van der Waals surface area contributed by atoms with Crippen molar-refractivity contribution >= 4 is 7.82 Å². The van der Waals surface area contributed by atoms with Crippen molar-refractivity contribution in [2.24, 2.45) is 5.11 Å². The summed E-state index contributed by atoms with van der Waals surface area (Å²) in [6.45, 7) is -1.74. The second-order valence-corrected chi connectivity index (χ2v) is 10.4. The summed E-state index contributed by atoms with van der Waals surface area (Å²) >= 11 is 0. The zero-order valence-corrected chi connectivity index (χ0v) is 21.0. The highest BCUT2D eigenvalue weighted by atomic mass is 31.2. The van der Waals surface area contributed by atoms with Crippen molar-refractivity contribution in [3.8, 4) is 0 Å². The normalized spacial score (nSPS) is 30.6. The molecule has 2 aromatic rings. The van der Waals surface area contributed by atoms with Gasteiger partial charge in [-0.2, -0.15) is 26.3 Å². The third-order valence-corrected chi connectivity index (χ3v) is 7.50. The van der Waals surface area contributed by atoms with E-state index in [2.05, 4.69) is 10.0 Å². The van der Waals surface area contributed by atoms with Gasteiger partial charge in [-0.25, -0.2) is 9.36 Å². The van der Waals surface area contributed by atoms with E-state index < -0.39 is 91.6 Å². The Bertz CT molecular complexity index is 1490. The van der Waals surface area contributed by atoms with Crippen LogP contribution < -0.4 is 11.2 Å². The summed E-state index contributed by atoms with van der Waals surface area (Å²) in [4.78, 5) is 27.8. The van der Waals surface area contributed by atoms with Gasteiger partial charge in [0.25, 0.3) is 5.56 Å². The van der Waals surface area contributed by atoms with Crippen LogP contribution in [0.3, 0.4) is 0 Å². The van der Waals surface area contributed by atoms with Gasteiger partial charge in [-0.15, -0.1) is 0 Å². The van der Waals surface area contributed by atoms with Crippen molar-refractivity contribution < 1.29 is 59.4 Å². The van der Waals surface area contributed by atoms with Crippen molar-refractivity contribution in [2.45, 2.75) is 49.0 Å². The lowest BCUT2D eigenvalue weighted by molar-refractivity contribution is -0.143. The Morgan fingerprint density at radius 1 is 1.17 bits per heavy atom. The van der Waals surface area contributed by atoms with Crippen LogP contribution in [0.25, 0.3) is 10.4 Å². The van der Waals surface area contributed by atoms with Crippen molar-refractivity contribution in [3.05, 3.63) is 78.4 Å². The van der Waals surface area contributed by atoms with Gasteiger partial charge in [-0.1, -0.05) is 5.11 Å². The predicted octanol–water partition coefficient (Wildman–Crippen LogP) is 3.13. The number of phosphoric acid groups is 1. The first-order valence-corrected chi connectivity index (χ1v) is 12.7. The van der Waals surface area contributed by atoms with Gasteiger partial charge in [0.05, 0.1) is 30.4 Å². The van der Waals surface area contributed by atoms with E-state index in [1.54, 1.807) is 0 Å². The van der Waals surface area contributed by atoms with Crippen LogP contribution in [0.1, 0.15) is 35.4 Å². The standard InChI is InChI=1S/C20H18F6N5O9P/c21-19(22,23)10-5-9(6-11(7-10)20(24,25)26)12-2-4-37-41(36,40-12)38-8-18(29-30-27)15(34)14(33)16(39-18)31-3-1-13(32)28-17(31)35/h1,3,5-7,12,14-16,33-34H,2,4,8H2,(H,28,32,35)/t12-,14-,15+,16-,18-,41+/m1/s1. The highest BCUT2D eigenvalue weighted by molar-refractivity contribution is 7.48. The smallest absolute Gasteiger partial charge is 0.387 e. The monoisotopic (exact) mass is 617 g/mol. The van der Waals surface area contributed by atoms with Crippen LogP contribution in [-0.4, -0.2) is 50.9 Å². The number of H-pyrrole nitrogens is 1. The fraction of sp³-hybridized carbons (Fsp3) is 0.500. The molecule has 0 bridgehead atoms. The summed E-state index contributed by atoms with van der Waals surface area (Å²) < 4.78 is 114. The Balaban J connectivity index is 1.60. The molecule has 0 unspecified atom stereocenters. The molecule has 2 aliphatic rings. The second kappa shape index (κ2) is 10.9. The number of hydrogen-bond acceptors (Lipinski definition) is 10. The number of hydrogen-bond donors (Lipinski definition) is 3. The third-order valence-electron chi connectivity index (χ3n) is 6.04. The molecule has 3 heterocycles. The molecule has 224 valence electrons. The van der Waals surface area contributed by atoms with Gasteiger partial charge in [0, 0.05) is 23.6 Å². The average molecular weight is 617 g/mol. The minimum Gasteiger partial charge on any atom is -0.387 e. The molecule has 41 heavy (non-hydrogen) atoms. The van der Waals surface area contributed by atoms with Gasteiger partial charge in [0.15, 0.2) is 6.23 Å². The van der Waals surface area contributed by atoms with Gasteiger partial charge in [-0.3, -0.25) is 27.9 Å². The number of azide groups is 1. The second-order valence-electron chi connectivity index (χ2n) is 8.77. The predicted molar refractivity (Wildman–Crippen MR) is 120 cm³/mol. The van der Waals surface area contributed by atoms with E-state index >= 15 is 0 Å². The number of aromatic nitrogens is 2. The number of halogens is 6. The van der Waals surface area contributed by atoms with Crippen LogP contribution in [-0.2, 0) is 35.2 Å². The van der Waals surface area contributed by atoms with E-state index in [0.29, 0.717) is 16.7 Å². The molecular formula is C20H18F6N5O9P. The molecule has 2 aliphatic heterocycles. The topological polar surface area (TPSA) is 198 Å². The lowest BCUT2D eigenvalue weighted by Gasteiger charge is -2.32. The van der Waals surface area contributed by atoms with Gasteiger partial charge >= 0.3 is 25.9 Å². The molecule has 0 radical (unpaired) electrons. The van der Waals surface area contributed by atoms with E-state index in [1.807, 2.05) is 4.98 Å². The maximum Gasteiger partial charge on any atom is 0.475 e. The lowest BCUT2D eigenvalue weighted by Crippen LogP contribution is -2.45. The summed E-state index contributed by atoms with van der Waals surface area (Å²) in [5.74, 6) is 0. The minimum absolute atomic E-state index is 0.100. The molecule has 2 saturated heterocycles. The van der Waals surface area contributed by atoms with Crippen LogP contribution in [0.2, 0.25) is 0 Å². The van der Waals surface area contributed by atoms with Crippen molar-refractivity contribution in [2.75, 3.05) is 13.2 Å².